The van der Waals surface area contributed by atoms with Gasteiger partial charge in [-0.05, 0) is 67.9 Å². The highest BCUT2D eigenvalue weighted by atomic mass is 16.3. The van der Waals surface area contributed by atoms with E-state index in [1.54, 1.807) is 6.07 Å². The lowest BCUT2D eigenvalue weighted by Gasteiger charge is -2.06. The SMILES string of the molecule is Cc1cccc(C(=O)Nc2ccc(-c3nc4ccc(C)cc4o3)cc2)c1. The van der Waals surface area contributed by atoms with Crippen LogP contribution in [-0.4, -0.2) is 10.9 Å². The van der Waals surface area contributed by atoms with Crippen molar-refractivity contribution in [1.29, 1.82) is 0 Å². The number of amides is 1. The van der Waals surface area contributed by atoms with E-state index in [9.17, 15) is 4.79 Å². The zero-order chi connectivity index (χ0) is 18.1. The first-order chi connectivity index (χ1) is 12.6. The van der Waals surface area contributed by atoms with Crippen LogP contribution in [0.3, 0.4) is 0 Å². The van der Waals surface area contributed by atoms with Gasteiger partial charge < -0.3 is 9.73 Å². The van der Waals surface area contributed by atoms with Crippen molar-refractivity contribution in [3.8, 4) is 11.5 Å². The number of fused-ring (bicyclic) bond motifs is 1. The van der Waals surface area contributed by atoms with Crippen molar-refractivity contribution < 1.29 is 9.21 Å². The van der Waals surface area contributed by atoms with Gasteiger partial charge in [-0.2, -0.15) is 0 Å². The number of hydrogen-bond acceptors (Lipinski definition) is 3. The van der Waals surface area contributed by atoms with Crippen molar-refractivity contribution in [2.75, 3.05) is 5.32 Å². The molecule has 0 atom stereocenters. The molecule has 0 bridgehead atoms. The van der Waals surface area contributed by atoms with Gasteiger partial charge >= 0.3 is 0 Å². The van der Waals surface area contributed by atoms with E-state index < -0.39 is 0 Å². The summed E-state index contributed by atoms with van der Waals surface area (Å²) < 4.78 is 5.84. The first kappa shape index (κ1) is 16.1. The Hall–Kier alpha value is -3.40. The number of carbonyl (C=O) groups is 1. The Morgan fingerprint density at radius 2 is 1.69 bits per heavy atom. The zero-order valence-corrected chi connectivity index (χ0v) is 14.6. The van der Waals surface area contributed by atoms with Crippen LogP contribution in [-0.2, 0) is 0 Å². The van der Waals surface area contributed by atoms with E-state index in [2.05, 4.69) is 10.3 Å². The molecule has 128 valence electrons. The van der Waals surface area contributed by atoms with Gasteiger partial charge in [0, 0.05) is 16.8 Å². The molecular formula is C22H18N2O2. The van der Waals surface area contributed by atoms with Crippen molar-refractivity contribution in [3.63, 3.8) is 0 Å². The standard InChI is InChI=1S/C22H18N2O2/c1-14-4-3-5-17(12-14)21(25)23-18-9-7-16(8-10-18)22-24-19-11-6-15(2)13-20(19)26-22/h3-13H,1-2H3,(H,23,25). The van der Waals surface area contributed by atoms with Crippen LogP contribution in [0.25, 0.3) is 22.6 Å². The van der Waals surface area contributed by atoms with E-state index >= 15 is 0 Å². The molecule has 4 aromatic rings. The van der Waals surface area contributed by atoms with Crippen LogP contribution >= 0.6 is 0 Å². The van der Waals surface area contributed by atoms with Gasteiger partial charge in [0.2, 0.25) is 5.89 Å². The number of aromatic nitrogens is 1. The summed E-state index contributed by atoms with van der Waals surface area (Å²) in [4.78, 5) is 16.8. The Bertz CT molecular complexity index is 1090. The van der Waals surface area contributed by atoms with Gasteiger partial charge in [-0.1, -0.05) is 23.8 Å². The van der Waals surface area contributed by atoms with Crippen LogP contribution in [0, 0.1) is 13.8 Å². The Kier molecular flexibility index (Phi) is 4.01. The average molecular weight is 342 g/mol. The van der Waals surface area contributed by atoms with Crippen LogP contribution in [0.15, 0.2) is 71.1 Å². The van der Waals surface area contributed by atoms with E-state index in [1.807, 2.05) is 74.5 Å². The lowest BCUT2D eigenvalue weighted by atomic mass is 10.1. The minimum Gasteiger partial charge on any atom is -0.436 e. The third-order valence-corrected chi connectivity index (χ3v) is 4.21. The quantitative estimate of drug-likeness (QED) is 0.545. The molecule has 0 fully saturated rings. The largest absolute Gasteiger partial charge is 0.436 e. The maximum Gasteiger partial charge on any atom is 0.255 e. The molecule has 1 heterocycles. The Labute approximate surface area is 151 Å². The fourth-order valence-electron chi connectivity index (χ4n) is 2.84. The molecule has 0 spiro atoms. The highest BCUT2D eigenvalue weighted by Gasteiger charge is 2.10. The number of anilines is 1. The summed E-state index contributed by atoms with van der Waals surface area (Å²) in [5.74, 6) is 0.445. The molecule has 1 amide bonds. The molecule has 0 radical (unpaired) electrons. The van der Waals surface area contributed by atoms with E-state index in [4.69, 9.17) is 4.42 Å². The van der Waals surface area contributed by atoms with E-state index in [0.29, 0.717) is 11.5 Å². The predicted octanol–water partition coefficient (Wildman–Crippen LogP) is 5.36. The number of hydrogen-bond donors (Lipinski definition) is 1. The minimum atomic E-state index is -0.126. The highest BCUT2D eigenvalue weighted by Crippen LogP contribution is 2.26. The van der Waals surface area contributed by atoms with Crippen LogP contribution in [0.1, 0.15) is 21.5 Å². The number of nitrogens with one attached hydrogen (secondary N) is 1. The van der Waals surface area contributed by atoms with Gasteiger partial charge in [-0.15, -0.1) is 0 Å². The maximum atomic E-state index is 12.3. The molecule has 1 N–H and O–H groups in total. The summed E-state index contributed by atoms with van der Waals surface area (Å²) in [5.41, 5.74) is 6.04. The van der Waals surface area contributed by atoms with Gasteiger partial charge in [0.1, 0.15) is 5.52 Å². The molecule has 4 nitrogen and oxygen atoms in total. The second-order valence-electron chi connectivity index (χ2n) is 6.39. The third kappa shape index (κ3) is 3.22. The molecule has 0 aliphatic carbocycles. The predicted molar refractivity (Wildman–Crippen MR) is 103 cm³/mol. The lowest BCUT2D eigenvalue weighted by molar-refractivity contribution is 0.102. The molecule has 4 heteroatoms. The molecular weight excluding hydrogens is 324 g/mol. The molecule has 0 saturated carbocycles. The van der Waals surface area contributed by atoms with Crippen LogP contribution in [0.4, 0.5) is 5.69 Å². The smallest absolute Gasteiger partial charge is 0.255 e. The summed E-state index contributed by atoms with van der Waals surface area (Å²) in [7, 11) is 0. The van der Waals surface area contributed by atoms with E-state index in [0.717, 1.165) is 33.5 Å². The molecule has 0 aliphatic heterocycles. The summed E-state index contributed by atoms with van der Waals surface area (Å²) in [6.07, 6.45) is 0. The Morgan fingerprint density at radius 3 is 2.46 bits per heavy atom. The summed E-state index contributed by atoms with van der Waals surface area (Å²) >= 11 is 0. The van der Waals surface area contributed by atoms with Gasteiger partial charge in [-0.25, -0.2) is 4.98 Å². The van der Waals surface area contributed by atoms with Crippen molar-refractivity contribution >= 4 is 22.7 Å². The lowest BCUT2D eigenvalue weighted by Crippen LogP contribution is -2.11. The first-order valence-electron chi connectivity index (χ1n) is 8.44. The van der Waals surface area contributed by atoms with Gasteiger partial charge in [0.25, 0.3) is 5.91 Å². The van der Waals surface area contributed by atoms with Crippen molar-refractivity contribution in [2.45, 2.75) is 13.8 Å². The molecule has 0 unspecified atom stereocenters. The third-order valence-electron chi connectivity index (χ3n) is 4.21. The summed E-state index contributed by atoms with van der Waals surface area (Å²) in [5, 5.41) is 2.91. The van der Waals surface area contributed by atoms with Crippen molar-refractivity contribution in [2.24, 2.45) is 0 Å². The average Bonchev–Trinajstić information content (AvgIpc) is 3.05. The molecule has 0 aliphatic rings. The van der Waals surface area contributed by atoms with Crippen molar-refractivity contribution in [3.05, 3.63) is 83.4 Å². The van der Waals surface area contributed by atoms with Crippen LogP contribution < -0.4 is 5.32 Å². The van der Waals surface area contributed by atoms with Crippen molar-refractivity contribution in [1.82, 2.24) is 4.98 Å². The molecule has 0 saturated heterocycles. The molecule has 1 aromatic heterocycles. The number of rotatable bonds is 3. The second kappa shape index (κ2) is 6.48. The number of carbonyl (C=O) groups excluding carboxylic acids is 1. The number of oxazole rings is 1. The topological polar surface area (TPSA) is 55.1 Å². The number of aryl methyl sites for hydroxylation is 2. The fraction of sp³-hybridized carbons (Fsp3) is 0.0909. The maximum absolute atomic E-state index is 12.3. The fourth-order valence-corrected chi connectivity index (χ4v) is 2.84. The normalized spacial score (nSPS) is 10.8. The number of nitrogens with zero attached hydrogens (tertiary/aromatic N) is 1. The zero-order valence-electron chi connectivity index (χ0n) is 14.6. The Morgan fingerprint density at radius 1 is 0.923 bits per heavy atom. The van der Waals surface area contributed by atoms with Gasteiger partial charge in [0.05, 0.1) is 0 Å². The van der Waals surface area contributed by atoms with Gasteiger partial charge in [0.15, 0.2) is 5.58 Å². The minimum absolute atomic E-state index is 0.126. The van der Waals surface area contributed by atoms with Gasteiger partial charge in [-0.3, -0.25) is 4.79 Å². The molecule has 4 rings (SSSR count). The summed E-state index contributed by atoms with van der Waals surface area (Å²) in [6, 6.07) is 20.9. The first-order valence-corrected chi connectivity index (χ1v) is 8.44. The molecule has 3 aromatic carbocycles. The second-order valence-corrected chi connectivity index (χ2v) is 6.39. The van der Waals surface area contributed by atoms with Crippen LogP contribution in [0.5, 0.6) is 0 Å². The molecule has 26 heavy (non-hydrogen) atoms. The highest BCUT2D eigenvalue weighted by molar-refractivity contribution is 6.04. The van der Waals surface area contributed by atoms with Crippen LogP contribution in [0.2, 0.25) is 0 Å². The Balaban J connectivity index is 1.55. The van der Waals surface area contributed by atoms with E-state index in [-0.39, 0.29) is 5.91 Å². The number of benzene rings is 3. The monoisotopic (exact) mass is 342 g/mol. The summed E-state index contributed by atoms with van der Waals surface area (Å²) in [6.45, 7) is 3.99. The van der Waals surface area contributed by atoms with E-state index in [1.165, 1.54) is 0 Å².